The summed E-state index contributed by atoms with van der Waals surface area (Å²) in [7, 11) is 0. The zero-order valence-corrected chi connectivity index (χ0v) is 11.1. The quantitative estimate of drug-likeness (QED) is 0.656. The highest BCUT2D eigenvalue weighted by Crippen LogP contribution is 2.47. The van der Waals surface area contributed by atoms with E-state index in [0.29, 0.717) is 12.0 Å². The second-order valence-electron chi connectivity index (χ2n) is 5.20. The van der Waals surface area contributed by atoms with Gasteiger partial charge in [0.1, 0.15) is 5.82 Å². The Labute approximate surface area is 116 Å². The standard InChI is InChI=1S/C15H16FNO3/c1-9-6-7-15(13(17)18,14(19)20)12(8-9)10-2-4-11(16)5-3-10/h2-6,12H,7-8H2,1H3,(H2,17,18)(H,19,20). The van der Waals surface area contributed by atoms with Gasteiger partial charge in [-0.05, 0) is 37.5 Å². The molecule has 4 nitrogen and oxygen atoms in total. The molecule has 0 saturated carbocycles. The molecule has 0 bridgehead atoms. The lowest BCUT2D eigenvalue weighted by Crippen LogP contribution is -2.49. The van der Waals surface area contributed by atoms with Crippen LogP contribution in [0.15, 0.2) is 35.9 Å². The van der Waals surface area contributed by atoms with Crippen LogP contribution in [0.5, 0.6) is 0 Å². The van der Waals surface area contributed by atoms with E-state index in [-0.39, 0.29) is 6.42 Å². The predicted molar refractivity (Wildman–Crippen MR) is 71.4 cm³/mol. The van der Waals surface area contributed by atoms with Crippen LogP contribution in [0.2, 0.25) is 0 Å². The third kappa shape index (κ3) is 2.19. The van der Waals surface area contributed by atoms with Crippen LogP contribution in [-0.2, 0) is 9.59 Å². The summed E-state index contributed by atoms with van der Waals surface area (Å²) in [4.78, 5) is 23.5. The van der Waals surface area contributed by atoms with E-state index in [9.17, 15) is 19.1 Å². The van der Waals surface area contributed by atoms with Gasteiger partial charge in [-0.1, -0.05) is 23.8 Å². The van der Waals surface area contributed by atoms with E-state index in [1.807, 2.05) is 6.92 Å². The molecule has 5 heteroatoms. The highest BCUT2D eigenvalue weighted by Gasteiger charge is 2.52. The molecular formula is C15H16FNO3. The molecule has 1 aromatic carbocycles. The molecule has 106 valence electrons. The lowest BCUT2D eigenvalue weighted by molar-refractivity contribution is -0.156. The summed E-state index contributed by atoms with van der Waals surface area (Å²) >= 11 is 0. The Bertz CT molecular complexity index is 563. The van der Waals surface area contributed by atoms with Crippen LogP contribution in [0.3, 0.4) is 0 Å². The fourth-order valence-corrected chi connectivity index (χ4v) is 2.77. The third-order valence-electron chi connectivity index (χ3n) is 3.99. The van der Waals surface area contributed by atoms with Gasteiger partial charge in [-0.3, -0.25) is 9.59 Å². The maximum atomic E-state index is 13.0. The van der Waals surface area contributed by atoms with Crippen molar-refractivity contribution in [2.24, 2.45) is 11.1 Å². The number of amides is 1. The van der Waals surface area contributed by atoms with Crippen LogP contribution >= 0.6 is 0 Å². The first kappa shape index (κ1) is 14.2. The summed E-state index contributed by atoms with van der Waals surface area (Å²) < 4.78 is 13.0. The van der Waals surface area contributed by atoms with Crippen molar-refractivity contribution in [3.05, 3.63) is 47.3 Å². The second-order valence-corrected chi connectivity index (χ2v) is 5.20. The lowest BCUT2D eigenvalue weighted by Gasteiger charge is -2.37. The van der Waals surface area contributed by atoms with Crippen LogP contribution in [0.1, 0.15) is 31.2 Å². The summed E-state index contributed by atoms with van der Waals surface area (Å²) in [5.41, 5.74) is 5.32. The maximum absolute atomic E-state index is 13.0. The van der Waals surface area contributed by atoms with Gasteiger partial charge in [0, 0.05) is 5.92 Å². The van der Waals surface area contributed by atoms with Gasteiger partial charge in [0.25, 0.3) is 0 Å². The van der Waals surface area contributed by atoms with Gasteiger partial charge in [0.2, 0.25) is 5.91 Å². The van der Waals surface area contributed by atoms with Crippen molar-refractivity contribution >= 4 is 11.9 Å². The molecule has 20 heavy (non-hydrogen) atoms. The number of rotatable bonds is 3. The van der Waals surface area contributed by atoms with Gasteiger partial charge in [-0.2, -0.15) is 0 Å². The number of hydrogen-bond donors (Lipinski definition) is 2. The Morgan fingerprint density at radius 1 is 1.35 bits per heavy atom. The van der Waals surface area contributed by atoms with Crippen LogP contribution in [0.25, 0.3) is 0 Å². The smallest absolute Gasteiger partial charge is 0.320 e. The van der Waals surface area contributed by atoms with Gasteiger partial charge in [0.05, 0.1) is 0 Å². The first-order valence-electron chi connectivity index (χ1n) is 6.32. The zero-order chi connectivity index (χ0) is 14.9. The first-order chi connectivity index (χ1) is 9.37. The van der Waals surface area contributed by atoms with Crippen LogP contribution < -0.4 is 5.73 Å². The van der Waals surface area contributed by atoms with Crippen LogP contribution in [0, 0.1) is 11.2 Å². The Morgan fingerprint density at radius 3 is 2.45 bits per heavy atom. The minimum Gasteiger partial charge on any atom is -0.480 e. The summed E-state index contributed by atoms with van der Waals surface area (Å²) in [5.74, 6) is -3.08. The fraction of sp³-hybridized carbons (Fsp3) is 0.333. The molecule has 2 rings (SSSR count). The average Bonchev–Trinajstić information content (AvgIpc) is 2.39. The maximum Gasteiger partial charge on any atom is 0.320 e. The van der Waals surface area contributed by atoms with Gasteiger partial charge in [-0.15, -0.1) is 0 Å². The molecular weight excluding hydrogens is 261 g/mol. The Balaban J connectivity index is 2.56. The summed E-state index contributed by atoms with van der Waals surface area (Å²) in [5, 5.41) is 9.53. The lowest BCUT2D eigenvalue weighted by atomic mass is 9.64. The number of nitrogens with two attached hydrogens (primary N) is 1. The molecule has 1 aliphatic rings. The summed E-state index contributed by atoms with van der Waals surface area (Å²) in [6.45, 7) is 1.88. The number of carboxylic acids is 1. The van der Waals surface area contributed by atoms with Crippen molar-refractivity contribution < 1.29 is 19.1 Å². The van der Waals surface area contributed by atoms with Crippen LogP contribution in [0.4, 0.5) is 4.39 Å². The number of hydrogen-bond acceptors (Lipinski definition) is 2. The number of halogens is 1. The van der Waals surface area contributed by atoms with E-state index < -0.39 is 29.0 Å². The highest BCUT2D eigenvalue weighted by atomic mass is 19.1. The Hall–Kier alpha value is -2.17. The predicted octanol–water partition coefficient (Wildman–Crippen LogP) is 2.21. The van der Waals surface area contributed by atoms with E-state index in [1.165, 1.54) is 24.3 Å². The van der Waals surface area contributed by atoms with Gasteiger partial charge in [0.15, 0.2) is 5.41 Å². The molecule has 1 aliphatic carbocycles. The molecule has 0 radical (unpaired) electrons. The van der Waals surface area contributed by atoms with Gasteiger partial charge in [-0.25, -0.2) is 4.39 Å². The van der Waals surface area contributed by atoms with Gasteiger partial charge < -0.3 is 10.8 Å². The molecule has 2 atom stereocenters. The van der Waals surface area contributed by atoms with Crippen molar-refractivity contribution in [1.29, 1.82) is 0 Å². The number of allylic oxidation sites excluding steroid dienone is 2. The Morgan fingerprint density at radius 2 is 1.95 bits per heavy atom. The number of carbonyl (C=O) groups is 2. The minimum absolute atomic E-state index is 0.0611. The van der Waals surface area contributed by atoms with E-state index >= 15 is 0 Å². The zero-order valence-electron chi connectivity index (χ0n) is 11.1. The SMILES string of the molecule is CC1=CCC(C(N)=O)(C(=O)O)C(c2ccc(F)cc2)C1. The fourth-order valence-electron chi connectivity index (χ4n) is 2.77. The van der Waals surface area contributed by atoms with Crippen molar-refractivity contribution in [3.63, 3.8) is 0 Å². The van der Waals surface area contributed by atoms with E-state index in [1.54, 1.807) is 6.08 Å². The molecule has 0 spiro atoms. The highest BCUT2D eigenvalue weighted by molar-refractivity contribution is 6.02. The summed E-state index contributed by atoms with van der Waals surface area (Å²) in [6, 6.07) is 5.55. The molecule has 3 N–H and O–H groups in total. The number of benzene rings is 1. The average molecular weight is 277 g/mol. The normalized spacial score (nSPS) is 25.9. The molecule has 0 saturated heterocycles. The second kappa shape index (κ2) is 5.07. The molecule has 0 fully saturated rings. The first-order valence-corrected chi connectivity index (χ1v) is 6.32. The third-order valence-corrected chi connectivity index (χ3v) is 3.99. The molecule has 0 aliphatic heterocycles. The van der Waals surface area contributed by atoms with Crippen molar-refractivity contribution in [2.75, 3.05) is 0 Å². The number of carboxylic acid groups (broad SMARTS) is 1. The van der Waals surface area contributed by atoms with Gasteiger partial charge >= 0.3 is 5.97 Å². The van der Waals surface area contributed by atoms with Crippen molar-refractivity contribution in [3.8, 4) is 0 Å². The largest absolute Gasteiger partial charge is 0.480 e. The molecule has 0 heterocycles. The van der Waals surface area contributed by atoms with E-state index in [2.05, 4.69) is 0 Å². The minimum atomic E-state index is -1.67. The van der Waals surface area contributed by atoms with Crippen molar-refractivity contribution in [2.45, 2.75) is 25.7 Å². The number of primary amides is 1. The Kier molecular flexibility index (Phi) is 3.61. The molecule has 2 unspecified atom stereocenters. The monoisotopic (exact) mass is 277 g/mol. The summed E-state index contributed by atoms with van der Waals surface area (Å²) in [6.07, 6.45) is 2.21. The molecule has 0 aromatic heterocycles. The number of aliphatic carboxylic acids is 1. The van der Waals surface area contributed by atoms with E-state index in [4.69, 9.17) is 5.73 Å². The van der Waals surface area contributed by atoms with E-state index in [0.717, 1.165) is 5.57 Å². The van der Waals surface area contributed by atoms with Crippen molar-refractivity contribution in [1.82, 2.24) is 0 Å². The topological polar surface area (TPSA) is 80.4 Å². The number of carbonyl (C=O) groups excluding carboxylic acids is 1. The molecule has 1 amide bonds. The van der Waals surface area contributed by atoms with Crippen LogP contribution in [-0.4, -0.2) is 17.0 Å². The molecule has 1 aromatic rings.